The molecule has 0 aromatic heterocycles. The van der Waals surface area contributed by atoms with Gasteiger partial charge in [0.15, 0.2) is 17.6 Å². The molecule has 2 amide bonds. The monoisotopic (exact) mass is 481 g/mol. The van der Waals surface area contributed by atoms with Gasteiger partial charge in [-0.15, -0.1) is 0 Å². The van der Waals surface area contributed by atoms with E-state index in [0.29, 0.717) is 48.0 Å². The SMILES string of the molecule is COc1ccc(CCC(=O)Nc2ccc3c(c2)N(CCN2CCCCC2)C(=O)C(C)O3)cc1OC. The minimum atomic E-state index is -0.522. The summed E-state index contributed by atoms with van der Waals surface area (Å²) in [7, 11) is 3.19. The molecule has 2 heterocycles. The first-order valence-corrected chi connectivity index (χ1v) is 12.3. The fraction of sp³-hybridized carbons (Fsp3) is 0.481. The van der Waals surface area contributed by atoms with Gasteiger partial charge < -0.3 is 29.3 Å². The molecular formula is C27H35N3O5. The Morgan fingerprint density at radius 2 is 1.80 bits per heavy atom. The van der Waals surface area contributed by atoms with Gasteiger partial charge in [-0.3, -0.25) is 9.59 Å². The van der Waals surface area contributed by atoms with Gasteiger partial charge >= 0.3 is 0 Å². The van der Waals surface area contributed by atoms with Gasteiger partial charge in [-0.25, -0.2) is 0 Å². The third kappa shape index (κ3) is 6.06. The molecule has 1 N–H and O–H groups in total. The molecule has 1 fully saturated rings. The van der Waals surface area contributed by atoms with Crippen molar-refractivity contribution in [2.24, 2.45) is 0 Å². The van der Waals surface area contributed by atoms with Crippen LogP contribution in [0.2, 0.25) is 0 Å². The minimum Gasteiger partial charge on any atom is -0.493 e. The fourth-order valence-corrected chi connectivity index (χ4v) is 4.66. The number of hydrogen-bond donors (Lipinski definition) is 1. The summed E-state index contributed by atoms with van der Waals surface area (Å²) in [5.41, 5.74) is 2.35. The Bertz CT molecular complexity index is 1050. The number of piperidine rings is 1. The van der Waals surface area contributed by atoms with Gasteiger partial charge in [-0.1, -0.05) is 12.5 Å². The van der Waals surface area contributed by atoms with Crippen LogP contribution in [0, 0.1) is 0 Å². The Morgan fingerprint density at radius 3 is 2.54 bits per heavy atom. The van der Waals surface area contributed by atoms with E-state index >= 15 is 0 Å². The number of carbonyl (C=O) groups is 2. The van der Waals surface area contributed by atoms with Gasteiger partial charge in [0.25, 0.3) is 5.91 Å². The number of benzene rings is 2. The number of nitrogens with zero attached hydrogens (tertiary/aromatic N) is 2. The second kappa shape index (κ2) is 11.4. The average molecular weight is 482 g/mol. The molecule has 1 atom stereocenters. The molecule has 35 heavy (non-hydrogen) atoms. The lowest BCUT2D eigenvalue weighted by Crippen LogP contribution is -2.48. The van der Waals surface area contributed by atoms with Crippen molar-refractivity contribution in [2.45, 2.75) is 45.1 Å². The zero-order chi connectivity index (χ0) is 24.8. The minimum absolute atomic E-state index is 0.0496. The van der Waals surface area contributed by atoms with Crippen LogP contribution in [0.5, 0.6) is 17.2 Å². The third-order valence-corrected chi connectivity index (χ3v) is 6.63. The van der Waals surface area contributed by atoms with E-state index in [2.05, 4.69) is 10.2 Å². The Hall–Kier alpha value is -3.26. The van der Waals surface area contributed by atoms with Crippen LogP contribution in [-0.4, -0.2) is 63.2 Å². The van der Waals surface area contributed by atoms with Crippen molar-refractivity contribution in [3.8, 4) is 17.2 Å². The number of aryl methyl sites for hydroxylation is 1. The number of amides is 2. The molecule has 0 saturated carbocycles. The Morgan fingerprint density at radius 1 is 1.03 bits per heavy atom. The molecule has 2 aromatic carbocycles. The highest BCUT2D eigenvalue weighted by Gasteiger charge is 2.32. The van der Waals surface area contributed by atoms with Crippen LogP contribution < -0.4 is 24.4 Å². The summed E-state index contributed by atoms with van der Waals surface area (Å²) >= 11 is 0. The topological polar surface area (TPSA) is 80.3 Å². The van der Waals surface area contributed by atoms with Crippen LogP contribution in [0.25, 0.3) is 0 Å². The number of anilines is 2. The van der Waals surface area contributed by atoms with E-state index in [4.69, 9.17) is 14.2 Å². The van der Waals surface area contributed by atoms with E-state index in [1.807, 2.05) is 36.4 Å². The maximum Gasteiger partial charge on any atom is 0.267 e. The van der Waals surface area contributed by atoms with Gasteiger partial charge in [0.05, 0.1) is 19.9 Å². The lowest BCUT2D eigenvalue weighted by atomic mass is 10.1. The highest BCUT2D eigenvalue weighted by atomic mass is 16.5. The number of hydrogen-bond acceptors (Lipinski definition) is 6. The van der Waals surface area contributed by atoms with Crippen LogP contribution in [0.15, 0.2) is 36.4 Å². The molecule has 4 rings (SSSR count). The molecule has 1 saturated heterocycles. The summed E-state index contributed by atoms with van der Waals surface area (Å²) in [5.74, 6) is 1.82. The van der Waals surface area contributed by atoms with Crippen LogP contribution >= 0.6 is 0 Å². The largest absolute Gasteiger partial charge is 0.493 e. The molecule has 188 valence electrons. The maximum absolute atomic E-state index is 12.9. The zero-order valence-electron chi connectivity index (χ0n) is 20.8. The molecule has 0 aliphatic carbocycles. The van der Waals surface area contributed by atoms with E-state index in [1.54, 1.807) is 26.0 Å². The van der Waals surface area contributed by atoms with Gasteiger partial charge in [-0.05, 0) is 75.2 Å². The van der Waals surface area contributed by atoms with Gasteiger partial charge in [0.1, 0.15) is 5.75 Å². The van der Waals surface area contributed by atoms with Gasteiger partial charge in [-0.2, -0.15) is 0 Å². The summed E-state index contributed by atoms with van der Waals surface area (Å²) in [6.45, 7) is 5.38. The van der Waals surface area contributed by atoms with E-state index in [-0.39, 0.29) is 11.8 Å². The number of ether oxygens (including phenoxy) is 3. The van der Waals surface area contributed by atoms with E-state index < -0.39 is 6.10 Å². The highest BCUT2D eigenvalue weighted by molar-refractivity contribution is 6.01. The summed E-state index contributed by atoms with van der Waals surface area (Å²) in [6.07, 6.45) is 4.07. The van der Waals surface area contributed by atoms with E-state index in [9.17, 15) is 9.59 Å². The van der Waals surface area contributed by atoms with Crippen molar-refractivity contribution in [3.63, 3.8) is 0 Å². The maximum atomic E-state index is 12.9. The van der Waals surface area contributed by atoms with E-state index in [0.717, 1.165) is 25.2 Å². The first-order chi connectivity index (χ1) is 17.0. The Kier molecular flexibility index (Phi) is 8.13. The van der Waals surface area contributed by atoms with Crippen molar-refractivity contribution >= 4 is 23.2 Å². The molecule has 0 spiro atoms. The van der Waals surface area contributed by atoms with Crippen molar-refractivity contribution < 1.29 is 23.8 Å². The number of methoxy groups -OCH3 is 2. The first kappa shape index (κ1) is 24.9. The number of carbonyl (C=O) groups excluding carboxylic acids is 2. The number of fused-ring (bicyclic) bond motifs is 1. The normalized spacial score (nSPS) is 18.0. The third-order valence-electron chi connectivity index (χ3n) is 6.63. The molecule has 0 bridgehead atoms. The van der Waals surface area contributed by atoms with Crippen LogP contribution in [0.1, 0.15) is 38.2 Å². The number of rotatable bonds is 9. The van der Waals surface area contributed by atoms with Crippen LogP contribution in [0.4, 0.5) is 11.4 Å². The lowest BCUT2D eigenvalue weighted by Gasteiger charge is -2.35. The Balaban J connectivity index is 1.40. The summed E-state index contributed by atoms with van der Waals surface area (Å²) in [5, 5.41) is 2.97. The van der Waals surface area contributed by atoms with Gasteiger partial charge in [0.2, 0.25) is 5.91 Å². The molecule has 8 heteroatoms. The van der Waals surface area contributed by atoms with Crippen molar-refractivity contribution in [2.75, 3.05) is 50.6 Å². The smallest absolute Gasteiger partial charge is 0.267 e. The summed E-state index contributed by atoms with van der Waals surface area (Å²) < 4.78 is 16.4. The zero-order valence-corrected chi connectivity index (χ0v) is 20.8. The van der Waals surface area contributed by atoms with E-state index in [1.165, 1.54) is 19.3 Å². The lowest BCUT2D eigenvalue weighted by molar-refractivity contribution is -0.125. The fourth-order valence-electron chi connectivity index (χ4n) is 4.66. The standard InChI is InChI=1S/C27H35N3O5/c1-19-27(32)30(16-15-29-13-5-4-6-14-29)22-18-21(9-11-23(22)35-19)28-26(31)12-8-20-7-10-24(33-2)25(17-20)34-3/h7,9-11,17-19H,4-6,8,12-16H2,1-3H3,(H,28,31). The van der Waals surface area contributed by atoms with Crippen LogP contribution in [-0.2, 0) is 16.0 Å². The molecule has 0 radical (unpaired) electrons. The predicted molar refractivity (Wildman–Crippen MR) is 136 cm³/mol. The Labute approximate surface area is 207 Å². The van der Waals surface area contributed by atoms with Crippen molar-refractivity contribution in [1.29, 1.82) is 0 Å². The molecule has 8 nitrogen and oxygen atoms in total. The van der Waals surface area contributed by atoms with Gasteiger partial charge in [0, 0.05) is 25.2 Å². The molecule has 2 aromatic rings. The number of likely N-dealkylation sites (tertiary alicyclic amines) is 1. The van der Waals surface area contributed by atoms with Crippen molar-refractivity contribution in [1.82, 2.24) is 4.90 Å². The highest BCUT2D eigenvalue weighted by Crippen LogP contribution is 2.36. The molecule has 2 aliphatic rings. The first-order valence-electron chi connectivity index (χ1n) is 12.3. The summed E-state index contributed by atoms with van der Waals surface area (Å²) in [4.78, 5) is 29.8. The molecular weight excluding hydrogens is 446 g/mol. The van der Waals surface area contributed by atoms with Crippen molar-refractivity contribution in [3.05, 3.63) is 42.0 Å². The predicted octanol–water partition coefficient (Wildman–Crippen LogP) is 3.87. The van der Waals surface area contributed by atoms with Crippen LogP contribution in [0.3, 0.4) is 0 Å². The number of nitrogens with one attached hydrogen (secondary N) is 1. The second-order valence-electron chi connectivity index (χ2n) is 9.07. The molecule has 2 aliphatic heterocycles. The molecule has 1 unspecified atom stereocenters. The summed E-state index contributed by atoms with van der Waals surface area (Å²) in [6, 6.07) is 11.1. The second-order valence-corrected chi connectivity index (χ2v) is 9.07. The quantitative estimate of drug-likeness (QED) is 0.586. The average Bonchev–Trinajstić information content (AvgIpc) is 2.88.